The molecule has 1 N–H and O–H groups in total. The molecular weight excluding hydrogens is 332 g/mol. The first kappa shape index (κ1) is 16.2. The zero-order valence-electron chi connectivity index (χ0n) is 14.4. The molecule has 1 amide bonds. The number of nitrogens with zero attached hydrogens (tertiary/aromatic N) is 1. The van der Waals surface area contributed by atoms with Crippen LogP contribution in [0.25, 0.3) is 6.08 Å². The van der Waals surface area contributed by atoms with Crippen LogP contribution in [0.5, 0.6) is 0 Å². The van der Waals surface area contributed by atoms with E-state index < -0.39 is 5.66 Å². The number of anilines is 1. The lowest BCUT2D eigenvalue weighted by atomic mass is 9.74. The van der Waals surface area contributed by atoms with Gasteiger partial charge in [-0.1, -0.05) is 61.9 Å². The lowest BCUT2D eigenvalue weighted by molar-refractivity contribution is -0.124. The number of carbonyl (C=O) groups excluding carboxylic acids is 1. The number of amides is 1. The van der Waals surface area contributed by atoms with Gasteiger partial charge in [0.15, 0.2) is 0 Å². The topological polar surface area (TPSA) is 32.3 Å². The quantitative estimate of drug-likeness (QED) is 0.870. The average molecular weight is 353 g/mol. The van der Waals surface area contributed by atoms with Crippen LogP contribution in [0.2, 0.25) is 5.02 Å². The van der Waals surface area contributed by atoms with E-state index in [-0.39, 0.29) is 11.3 Å². The van der Waals surface area contributed by atoms with Gasteiger partial charge in [0.25, 0.3) is 0 Å². The molecule has 4 heteroatoms. The number of hydrogen-bond acceptors (Lipinski definition) is 2. The number of halogens is 1. The normalized spacial score (nSPS) is 24.1. The van der Waals surface area contributed by atoms with Gasteiger partial charge in [-0.15, -0.1) is 0 Å². The molecule has 0 aliphatic carbocycles. The molecule has 0 bridgehead atoms. The summed E-state index contributed by atoms with van der Waals surface area (Å²) in [6, 6.07) is 16.2. The first-order chi connectivity index (χ1) is 11.9. The SMILES string of the molecule is CC1(C)c2ccccc2N2CCC(=O)NC21C=Cc1ccc(Cl)cc1. The third kappa shape index (κ3) is 2.37. The number of benzene rings is 2. The van der Waals surface area contributed by atoms with Crippen LogP contribution in [-0.4, -0.2) is 18.1 Å². The van der Waals surface area contributed by atoms with Crippen LogP contribution in [0.4, 0.5) is 5.69 Å². The monoisotopic (exact) mass is 352 g/mol. The summed E-state index contributed by atoms with van der Waals surface area (Å²) >= 11 is 5.98. The molecule has 2 aliphatic rings. The molecule has 0 aromatic heterocycles. The van der Waals surface area contributed by atoms with Gasteiger partial charge in [0, 0.05) is 29.1 Å². The summed E-state index contributed by atoms with van der Waals surface area (Å²) in [6.45, 7) is 5.12. The smallest absolute Gasteiger partial charge is 0.223 e. The molecule has 2 aromatic rings. The highest BCUT2D eigenvalue weighted by Gasteiger charge is 2.57. The highest BCUT2D eigenvalue weighted by atomic mass is 35.5. The van der Waals surface area contributed by atoms with Crippen molar-refractivity contribution in [1.82, 2.24) is 5.32 Å². The van der Waals surface area contributed by atoms with E-state index in [1.165, 1.54) is 11.3 Å². The van der Waals surface area contributed by atoms with E-state index in [0.29, 0.717) is 6.42 Å². The van der Waals surface area contributed by atoms with E-state index in [4.69, 9.17) is 11.6 Å². The standard InChI is InChI=1S/C21H21ClN2O/c1-20(2)17-5-3-4-6-18(17)24-14-12-19(25)23-21(20,24)13-11-15-7-9-16(22)10-8-15/h3-11,13H,12,14H2,1-2H3,(H,23,25). The molecule has 1 fully saturated rings. The number of hydrogen-bond donors (Lipinski definition) is 1. The number of para-hydroxylation sites is 1. The van der Waals surface area contributed by atoms with Crippen molar-refractivity contribution < 1.29 is 4.79 Å². The molecule has 1 atom stereocenters. The van der Waals surface area contributed by atoms with E-state index in [0.717, 1.165) is 17.1 Å². The Bertz CT molecular complexity index is 856. The fourth-order valence-electron chi connectivity index (χ4n) is 4.11. The van der Waals surface area contributed by atoms with Gasteiger partial charge in [0.05, 0.1) is 0 Å². The number of rotatable bonds is 2. The molecular formula is C21H21ClN2O. The first-order valence-corrected chi connectivity index (χ1v) is 8.95. The highest BCUT2D eigenvalue weighted by molar-refractivity contribution is 6.30. The van der Waals surface area contributed by atoms with E-state index in [1.54, 1.807) is 0 Å². The van der Waals surface area contributed by atoms with Crippen LogP contribution in [0.3, 0.4) is 0 Å². The van der Waals surface area contributed by atoms with E-state index in [2.05, 4.69) is 60.5 Å². The minimum absolute atomic E-state index is 0.0953. The molecule has 2 aliphatic heterocycles. The average Bonchev–Trinajstić information content (AvgIpc) is 2.79. The van der Waals surface area contributed by atoms with Crippen molar-refractivity contribution in [2.75, 3.05) is 11.4 Å². The van der Waals surface area contributed by atoms with Crippen LogP contribution in [-0.2, 0) is 10.2 Å². The van der Waals surface area contributed by atoms with Crippen molar-refractivity contribution in [3.05, 3.63) is 70.8 Å². The van der Waals surface area contributed by atoms with Gasteiger partial charge in [-0.25, -0.2) is 0 Å². The van der Waals surface area contributed by atoms with Gasteiger partial charge in [0.2, 0.25) is 5.91 Å². The maximum atomic E-state index is 12.3. The maximum absolute atomic E-state index is 12.3. The fourth-order valence-corrected chi connectivity index (χ4v) is 4.24. The molecule has 25 heavy (non-hydrogen) atoms. The van der Waals surface area contributed by atoms with Gasteiger partial charge in [0.1, 0.15) is 5.66 Å². The Hall–Kier alpha value is -2.26. The summed E-state index contributed by atoms with van der Waals surface area (Å²) in [5.74, 6) is 0.0953. The Morgan fingerprint density at radius 1 is 1.12 bits per heavy atom. The molecule has 0 saturated carbocycles. The lowest BCUT2D eigenvalue weighted by Gasteiger charge is -2.49. The van der Waals surface area contributed by atoms with Gasteiger partial charge < -0.3 is 10.2 Å². The summed E-state index contributed by atoms with van der Waals surface area (Å²) < 4.78 is 0. The Morgan fingerprint density at radius 3 is 2.60 bits per heavy atom. The van der Waals surface area contributed by atoms with Crippen molar-refractivity contribution in [3.8, 4) is 0 Å². The summed E-state index contributed by atoms with van der Waals surface area (Å²) in [6.07, 6.45) is 4.72. The fraction of sp³-hybridized carbons (Fsp3) is 0.286. The van der Waals surface area contributed by atoms with Crippen molar-refractivity contribution in [3.63, 3.8) is 0 Å². The van der Waals surface area contributed by atoms with E-state index in [9.17, 15) is 4.79 Å². The van der Waals surface area contributed by atoms with E-state index >= 15 is 0 Å². The Kier molecular flexibility index (Phi) is 3.66. The molecule has 2 heterocycles. The molecule has 0 spiro atoms. The summed E-state index contributed by atoms with van der Waals surface area (Å²) in [5, 5.41) is 4.00. The molecule has 3 nitrogen and oxygen atoms in total. The Morgan fingerprint density at radius 2 is 1.84 bits per heavy atom. The van der Waals surface area contributed by atoms with Gasteiger partial charge in [-0.2, -0.15) is 0 Å². The van der Waals surface area contributed by atoms with Crippen LogP contribution < -0.4 is 10.2 Å². The lowest BCUT2D eigenvalue weighted by Crippen LogP contribution is -2.68. The minimum atomic E-state index is -0.564. The second kappa shape index (κ2) is 5.63. The van der Waals surface area contributed by atoms with Crippen molar-refractivity contribution >= 4 is 29.3 Å². The maximum Gasteiger partial charge on any atom is 0.223 e. The zero-order valence-corrected chi connectivity index (χ0v) is 15.2. The second-order valence-electron chi connectivity index (χ2n) is 7.24. The zero-order chi connectivity index (χ0) is 17.7. The minimum Gasteiger partial charge on any atom is -0.344 e. The van der Waals surface area contributed by atoms with Crippen LogP contribution in [0, 0.1) is 0 Å². The third-order valence-electron chi connectivity index (χ3n) is 5.53. The summed E-state index contributed by atoms with van der Waals surface area (Å²) in [5.41, 5.74) is 2.71. The largest absolute Gasteiger partial charge is 0.344 e. The summed E-state index contributed by atoms with van der Waals surface area (Å²) in [4.78, 5) is 14.6. The van der Waals surface area contributed by atoms with Gasteiger partial charge in [-0.05, 0) is 35.4 Å². The van der Waals surface area contributed by atoms with Crippen LogP contribution in [0.15, 0.2) is 54.6 Å². The predicted octanol–water partition coefficient (Wildman–Crippen LogP) is 4.37. The highest BCUT2D eigenvalue weighted by Crippen LogP contribution is 2.52. The molecule has 1 saturated heterocycles. The molecule has 0 radical (unpaired) electrons. The molecule has 2 aromatic carbocycles. The van der Waals surface area contributed by atoms with Crippen molar-refractivity contribution in [2.45, 2.75) is 31.3 Å². The Labute approximate surface area is 153 Å². The second-order valence-corrected chi connectivity index (χ2v) is 7.68. The van der Waals surface area contributed by atoms with Crippen molar-refractivity contribution in [2.24, 2.45) is 0 Å². The third-order valence-corrected chi connectivity index (χ3v) is 5.78. The molecule has 4 rings (SSSR count). The predicted molar refractivity (Wildman–Crippen MR) is 103 cm³/mol. The van der Waals surface area contributed by atoms with Crippen LogP contribution >= 0.6 is 11.6 Å². The molecule has 1 unspecified atom stereocenters. The molecule has 128 valence electrons. The number of fused-ring (bicyclic) bond motifs is 3. The number of carbonyl (C=O) groups is 1. The van der Waals surface area contributed by atoms with Gasteiger partial charge in [-0.3, -0.25) is 4.79 Å². The van der Waals surface area contributed by atoms with Gasteiger partial charge >= 0.3 is 0 Å². The number of nitrogens with one attached hydrogen (secondary N) is 1. The first-order valence-electron chi connectivity index (χ1n) is 8.57. The van der Waals surface area contributed by atoms with Crippen LogP contribution in [0.1, 0.15) is 31.4 Å². The van der Waals surface area contributed by atoms with Crippen molar-refractivity contribution in [1.29, 1.82) is 0 Å². The van der Waals surface area contributed by atoms with E-state index in [1.807, 2.05) is 24.3 Å². The Balaban J connectivity index is 1.83. The summed E-state index contributed by atoms with van der Waals surface area (Å²) in [7, 11) is 0.